The molecule has 0 rings (SSSR count). The Morgan fingerprint density at radius 1 is 0.633 bits per heavy atom. The average Bonchev–Trinajstić information content (AvgIpc) is 3.09. The van der Waals surface area contributed by atoms with E-state index in [-0.39, 0.29) is 32.3 Å². The summed E-state index contributed by atoms with van der Waals surface area (Å²) in [4.78, 5) is 22.4. The highest BCUT2D eigenvalue weighted by molar-refractivity contribution is 7.47. The van der Waals surface area contributed by atoms with E-state index < -0.39 is 13.9 Å². The molecule has 0 aliphatic heterocycles. The van der Waals surface area contributed by atoms with E-state index in [9.17, 15) is 14.3 Å². The number of allylic oxidation sites excluding steroid dienone is 12. The Balaban J connectivity index is 4.21. The number of hydrogen-bond acceptors (Lipinski definition) is 7. The lowest BCUT2D eigenvalue weighted by atomic mass is 10.1. The fraction of sp³-hybridized carbons (Fsp3) is 0.675. The molecular formula is C40H70NO7P. The Morgan fingerprint density at radius 2 is 1.14 bits per heavy atom. The summed E-state index contributed by atoms with van der Waals surface area (Å²) in [5.41, 5.74) is 5.35. The number of phosphoric acid groups is 1. The molecule has 3 N–H and O–H groups in total. The van der Waals surface area contributed by atoms with E-state index in [0.717, 1.165) is 96.3 Å². The second-order valence-corrected chi connectivity index (χ2v) is 13.5. The van der Waals surface area contributed by atoms with Crippen molar-refractivity contribution in [3.05, 3.63) is 72.9 Å². The van der Waals surface area contributed by atoms with Crippen molar-refractivity contribution in [2.24, 2.45) is 5.73 Å². The first-order valence-electron chi connectivity index (χ1n) is 18.9. The van der Waals surface area contributed by atoms with Gasteiger partial charge >= 0.3 is 13.8 Å². The van der Waals surface area contributed by atoms with Crippen LogP contribution in [0.1, 0.15) is 136 Å². The van der Waals surface area contributed by atoms with Crippen LogP contribution in [0.15, 0.2) is 72.9 Å². The van der Waals surface area contributed by atoms with Crippen LogP contribution in [0.4, 0.5) is 0 Å². The van der Waals surface area contributed by atoms with Gasteiger partial charge in [0, 0.05) is 19.6 Å². The quantitative estimate of drug-likeness (QED) is 0.0289. The second-order valence-electron chi connectivity index (χ2n) is 12.1. The number of esters is 1. The van der Waals surface area contributed by atoms with Crippen molar-refractivity contribution < 1.29 is 32.8 Å². The molecule has 0 amide bonds. The predicted octanol–water partition coefficient (Wildman–Crippen LogP) is 10.8. The summed E-state index contributed by atoms with van der Waals surface area (Å²) in [7, 11) is -4.29. The predicted molar refractivity (Wildman–Crippen MR) is 205 cm³/mol. The molecule has 282 valence electrons. The molecule has 0 aliphatic carbocycles. The van der Waals surface area contributed by atoms with Crippen molar-refractivity contribution in [3.63, 3.8) is 0 Å². The second kappa shape index (κ2) is 37.2. The molecule has 9 heteroatoms. The van der Waals surface area contributed by atoms with E-state index in [1.54, 1.807) is 0 Å². The lowest BCUT2D eigenvalue weighted by Crippen LogP contribution is -2.28. The summed E-state index contributed by atoms with van der Waals surface area (Å²) >= 11 is 0. The summed E-state index contributed by atoms with van der Waals surface area (Å²) in [6.07, 6.45) is 44.9. The number of unbranched alkanes of at least 4 members (excludes halogenated alkanes) is 10. The minimum Gasteiger partial charge on any atom is -0.457 e. The van der Waals surface area contributed by atoms with Gasteiger partial charge < -0.3 is 20.1 Å². The third-order valence-corrected chi connectivity index (χ3v) is 8.34. The summed E-state index contributed by atoms with van der Waals surface area (Å²) in [5.74, 6) is -0.360. The van der Waals surface area contributed by atoms with Gasteiger partial charge in [0.15, 0.2) is 0 Å². The van der Waals surface area contributed by atoms with E-state index in [4.69, 9.17) is 24.3 Å². The molecule has 49 heavy (non-hydrogen) atoms. The first kappa shape index (κ1) is 46.9. The van der Waals surface area contributed by atoms with Gasteiger partial charge in [-0.15, -0.1) is 0 Å². The van der Waals surface area contributed by atoms with E-state index in [2.05, 4.69) is 86.8 Å². The van der Waals surface area contributed by atoms with Crippen LogP contribution in [0.2, 0.25) is 0 Å². The van der Waals surface area contributed by atoms with Gasteiger partial charge in [-0.3, -0.25) is 13.8 Å². The summed E-state index contributed by atoms with van der Waals surface area (Å²) in [6, 6.07) is 0. The molecule has 0 aromatic carbocycles. The van der Waals surface area contributed by atoms with Gasteiger partial charge in [-0.1, -0.05) is 125 Å². The van der Waals surface area contributed by atoms with Crippen LogP contribution in [0.5, 0.6) is 0 Å². The molecule has 0 saturated heterocycles. The molecule has 0 saturated carbocycles. The molecule has 8 nitrogen and oxygen atoms in total. The number of carbonyl (C=O) groups excluding carboxylic acids is 1. The van der Waals surface area contributed by atoms with Gasteiger partial charge in [-0.25, -0.2) is 4.57 Å². The normalized spacial score (nSPS) is 14.4. The third kappa shape index (κ3) is 37.0. The van der Waals surface area contributed by atoms with Gasteiger partial charge in [0.25, 0.3) is 0 Å². The SMILES string of the molecule is CC/C=C\C/C=C\C/C=C\C/C=C\CCCCCOCC(COP(=O)(O)OCCN)OC(=O)CCCCCCC/C=C\C/C=C\CCCC. The van der Waals surface area contributed by atoms with E-state index in [1.807, 2.05) is 0 Å². The Kier molecular flexibility index (Phi) is 35.6. The third-order valence-electron chi connectivity index (χ3n) is 7.36. The monoisotopic (exact) mass is 707 g/mol. The average molecular weight is 708 g/mol. The van der Waals surface area contributed by atoms with Crippen LogP contribution in [0.3, 0.4) is 0 Å². The van der Waals surface area contributed by atoms with Gasteiger partial charge in [0.2, 0.25) is 0 Å². The van der Waals surface area contributed by atoms with Crippen molar-refractivity contribution in [1.29, 1.82) is 0 Å². The van der Waals surface area contributed by atoms with Gasteiger partial charge in [-0.2, -0.15) is 0 Å². The van der Waals surface area contributed by atoms with Crippen molar-refractivity contribution in [1.82, 2.24) is 0 Å². The molecule has 2 unspecified atom stereocenters. The highest BCUT2D eigenvalue weighted by Crippen LogP contribution is 2.43. The summed E-state index contributed by atoms with van der Waals surface area (Å²) in [6.45, 7) is 4.63. The van der Waals surface area contributed by atoms with E-state index in [0.29, 0.717) is 13.0 Å². The van der Waals surface area contributed by atoms with E-state index >= 15 is 0 Å². The zero-order valence-corrected chi connectivity index (χ0v) is 31.8. The number of phosphoric ester groups is 1. The zero-order chi connectivity index (χ0) is 35.9. The van der Waals surface area contributed by atoms with Crippen molar-refractivity contribution in [3.8, 4) is 0 Å². The lowest BCUT2D eigenvalue weighted by molar-refractivity contribution is -0.154. The highest BCUT2D eigenvalue weighted by atomic mass is 31.2. The Bertz CT molecular complexity index is 974. The molecule has 0 aromatic heterocycles. The Hall–Kier alpha value is -2.06. The maximum atomic E-state index is 12.5. The topological polar surface area (TPSA) is 117 Å². The number of nitrogens with two attached hydrogens (primary N) is 1. The first-order chi connectivity index (χ1) is 23.9. The molecule has 2 atom stereocenters. The molecule has 0 aromatic rings. The minimum atomic E-state index is -4.29. The number of rotatable bonds is 35. The number of hydrogen-bond donors (Lipinski definition) is 2. The van der Waals surface area contributed by atoms with E-state index in [1.165, 1.54) is 19.3 Å². The van der Waals surface area contributed by atoms with Crippen LogP contribution in [-0.2, 0) is 27.9 Å². The molecule has 0 spiro atoms. The largest absolute Gasteiger partial charge is 0.472 e. The van der Waals surface area contributed by atoms with Crippen LogP contribution in [0.25, 0.3) is 0 Å². The maximum absolute atomic E-state index is 12.5. The maximum Gasteiger partial charge on any atom is 0.472 e. The van der Waals surface area contributed by atoms with Gasteiger partial charge in [-0.05, 0) is 77.0 Å². The smallest absolute Gasteiger partial charge is 0.457 e. The molecule has 0 fully saturated rings. The fourth-order valence-corrected chi connectivity index (χ4v) is 5.35. The van der Waals surface area contributed by atoms with Crippen LogP contribution in [-0.4, -0.2) is 49.9 Å². The molecular weight excluding hydrogens is 637 g/mol. The molecule has 0 aliphatic rings. The Labute approximate surface area is 299 Å². The van der Waals surface area contributed by atoms with Crippen molar-refractivity contribution in [2.75, 3.05) is 33.0 Å². The lowest BCUT2D eigenvalue weighted by Gasteiger charge is -2.20. The van der Waals surface area contributed by atoms with Crippen LogP contribution < -0.4 is 5.73 Å². The fourth-order valence-electron chi connectivity index (χ4n) is 4.59. The van der Waals surface area contributed by atoms with Gasteiger partial charge in [0.05, 0.1) is 19.8 Å². The minimum absolute atomic E-state index is 0.0849. The molecule has 0 heterocycles. The van der Waals surface area contributed by atoms with Gasteiger partial charge in [0.1, 0.15) is 6.10 Å². The molecule has 0 radical (unpaired) electrons. The van der Waals surface area contributed by atoms with Crippen LogP contribution >= 0.6 is 7.82 Å². The number of ether oxygens (including phenoxy) is 2. The number of carbonyl (C=O) groups is 1. The van der Waals surface area contributed by atoms with Crippen molar-refractivity contribution >= 4 is 13.8 Å². The highest BCUT2D eigenvalue weighted by Gasteiger charge is 2.25. The Morgan fingerprint density at radius 3 is 1.71 bits per heavy atom. The van der Waals surface area contributed by atoms with Crippen LogP contribution in [0, 0.1) is 0 Å². The summed E-state index contributed by atoms with van der Waals surface area (Å²) in [5, 5.41) is 0. The summed E-state index contributed by atoms with van der Waals surface area (Å²) < 4.78 is 33.2. The molecule has 0 bridgehead atoms. The first-order valence-corrected chi connectivity index (χ1v) is 20.4. The van der Waals surface area contributed by atoms with Crippen molar-refractivity contribution in [2.45, 2.75) is 142 Å². The zero-order valence-electron chi connectivity index (χ0n) is 30.9. The standard InChI is InChI=1S/C40H70NO7P/c1-3-5-7-9-11-13-15-17-19-20-22-24-26-28-30-32-35-45-37-39(38-47-49(43,44)46-36-34-41)48-40(42)33-31-29-27-25-23-21-18-16-14-12-10-8-6-4-2/h5,7,10-13,16-19,22,24,39H,3-4,6,8-9,14-15,20-21,23,25-38,41H2,1-2H3,(H,43,44)/b7-5-,12-10-,13-11-,18-16-,19-17-,24-22-.